The van der Waals surface area contributed by atoms with Gasteiger partial charge in [-0.1, -0.05) is 42.5 Å². The third-order valence-corrected chi connectivity index (χ3v) is 5.37. The molecule has 146 valence electrons. The van der Waals surface area contributed by atoms with Crippen LogP contribution in [0.15, 0.2) is 65.9 Å². The van der Waals surface area contributed by atoms with Gasteiger partial charge in [-0.3, -0.25) is 14.4 Å². The first-order valence-electron chi connectivity index (χ1n) is 9.44. The Morgan fingerprint density at radius 1 is 1.03 bits per heavy atom. The molecule has 0 unspecified atom stereocenters. The van der Waals surface area contributed by atoms with Crippen LogP contribution in [0, 0.1) is 0 Å². The number of hydrogen-bond acceptors (Lipinski definition) is 4. The summed E-state index contributed by atoms with van der Waals surface area (Å²) in [5.41, 5.74) is 9.48. The van der Waals surface area contributed by atoms with Gasteiger partial charge in [0.25, 0.3) is 0 Å². The summed E-state index contributed by atoms with van der Waals surface area (Å²) in [4.78, 5) is 41.0. The van der Waals surface area contributed by atoms with Crippen LogP contribution in [0.4, 0.5) is 0 Å². The van der Waals surface area contributed by atoms with E-state index >= 15 is 0 Å². The minimum atomic E-state index is -0.767. The smallest absolute Gasteiger partial charge is 0.237 e. The highest BCUT2D eigenvalue weighted by Crippen LogP contribution is 2.25. The first-order valence-corrected chi connectivity index (χ1v) is 9.44. The van der Waals surface area contributed by atoms with Crippen molar-refractivity contribution in [3.8, 4) is 0 Å². The maximum Gasteiger partial charge on any atom is 0.237 e. The van der Waals surface area contributed by atoms with E-state index in [4.69, 9.17) is 5.73 Å². The van der Waals surface area contributed by atoms with Crippen LogP contribution in [0.1, 0.15) is 33.2 Å². The number of allylic oxidation sites excluding steroid dienone is 1. The Morgan fingerprint density at radius 2 is 1.69 bits per heavy atom. The predicted molar refractivity (Wildman–Crippen MR) is 111 cm³/mol. The van der Waals surface area contributed by atoms with Crippen LogP contribution in [0.25, 0.3) is 10.9 Å². The van der Waals surface area contributed by atoms with Gasteiger partial charge in [0.1, 0.15) is 0 Å². The van der Waals surface area contributed by atoms with E-state index in [0.29, 0.717) is 28.7 Å². The van der Waals surface area contributed by atoms with E-state index in [-0.39, 0.29) is 24.0 Å². The van der Waals surface area contributed by atoms with Crippen molar-refractivity contribution in [2.75, 3.05) is 6.54 Å². The summed E-state index contributed by atoms with van der Waals surface area (Å²) in [5, 5.41) is 3.75. The number of fused-ring (bicyclic) bond motifs is 2. The summed E-state index contributed by atoms with van der Waals surface area (Å²) in [6.45, 7) is 1.59. The first-order chi connectivity index (χ1) is 14.0. The van der Waals surface area contributed by atoms with E-state index in [2.05, 4.69) is 10.3 Å². The number of ketones is 2. The Balaban J connectivity index is 1.46. The summed E-state index contributed by atoms with van der Waals surface area (Å²) < 4.78 is 0. The zero-order valence-electron chi connectivity index (χ0n) is 16.0. The first kappa shape index (κ1) is 18.8. The topological polar surface area (TPSA) is 105 Å². The quantitative estimate of drug-likeness (QED) is 0.626. The number of Topliss-reactive ketones (excluding diaryl/α,β-unsaturated/α-hetero) is 2. The Bertz CT molecular complexity index is 1170. The van der Waals surface area contributed by atoms with E-state index in [0.717, 1.165) is 16.5 Å². The lowest BCUT2D eigenvalue weighted by Crippen LogP contribution is -2.43. The second-order valence-electron chi connectivity index (χ2n) is 7.20. The van der Waals surface area contributed by atoms with Crippen LogP contribution in [-0.2, 0) is 11.2 Å². The fraction of sp³-hybridized carbons (Fsp3) is 0.174. The number of H-pyrrole nitrogens is 1. The van der Waals surface area contributed by atoms with Gasteiger partial charge in [0, 0.05) is 45.9 Å². The van der Waals surface area contributed by atoms with Gasteiger partial charge in [0.2, 0.25) is 5.91 Å². The molecule has 1 amide bonds. The van der Waals surface area contributed by atoms with Crippen LogP contribution in [0.2, 0.25) is 0 Å². The minimum absolute atomic E-state index is 0.0227. The van der Waals surface area contributed by atoms with Gasteiger partial charge in [-0.25, -0.2) is 0 Å². The number of aromatic amines is 1. The van der Waals surface area contributed by atoms with Crippen LogP contribution in [0.3, 0.4) is 0 Å². The molecule has 0 fully saturated rings. The monoisotopic (exact) mass is 387 g/mol. The molecule has 6 nitrogen and oxygen atoms in total. The van der Waals surface area contributed by atoms with Gasteiger partial charge >= 0.3 is 0 Å². The Kier molecular flexibility index (Phi) is 4.86. The molecule has 0 aliphatic heterocycles. The maximum atomic E-state index is 12.8. The summed E-state index contributed by atoms with van der Waals surface area (Å²) in [6, 6.07) is 13.8. The highest BCUT2D eigenvalue weighted by molar-refractivity contribution is 6.26. The van der Waals surface area contributed by atoms with Gasteiger partial charge in [0.15, 0.2) is 11.6 Å². The third-order valence-electron chi connectivity index (χ3n) is 5.37. The average molecular weight is 387 g/mol. The number of hydrogen-bond donors (Lipinski definition) is 3. The van der Waals surface area contributed by atoms with Gasteiger partial charge in [0.05, 0.1) is 6.04 Å². The average Bonchev–Trinajstić information content (AvgIpc) is 3.14. The van der Waals surface area contributed by atoms with E-state index < -0.39 is 6.04 Å². The van der Waals surface area contributed by atoms with Crippen molar-refractivity contribution in [1.82, 2.24) is 10.3 Å². The summed E-state index contributed by atoms with van der Waals surface area (Å²) in [7, 11) is 0. The molecule has 1 aromatic heterocycles. The molecule has 4 rings (SSSR count). The van der Waals surface area contributed by atoms with Crippen molar-refractivity contribution in [1.29, 1.82) is 0 Å². The van der Waals surface area contributed by atoms with E-state index in [9.17, 15) is 14.4 Å². The normalized spacial score (nSPS) is 14.8. The molecular weight excluding hydrogens is 366 g/mol. The minimum Gasteiger partial charge on any atom is -0.361 e. The van der Waals surface area contributed by atoms with E-state index in [1.54, 1.807) is 31.2 Å². The van der Waals surface area contributed by atoms with Crippen molar-refractivity contribution in [2.45, 2.75) is 19.4 Å². The molecule has 29 heavy (non-hydrogen) atoms. The van der Waals surface area contributed by atoms with Crippen LogP contribution < -0.4 is 11.1 Å². The maximum absolute atomic E-state index is 12.8. The lowest BCUT2D eigenvalue weighted by molar-refractivity contribution is -0.122. The summed E-state index contributed by atoms with van der Waals surface area (Å²) in [5.74, 6) is -0.787. The molecule has 4 N–H and O–H groups in total. The highest BCUT2D eigenvalue weighted by atomic mass is 16.2. The number of amides is 1. The zero-order chi connectivity index (χ0) is 20.5. The lowest BCUT2D eigenvalue weighted by atomic mass is 9.84. The molecule has 1 atom stereocenters. The van der Waals surface area contributed by atoms with E-state index in [1.807, 2.05) is 30.5 Å². The second kappa shape index (κ2) is 7.48. The number of nitrogens with one attached hydrogen (secondary N) is 2. The van der Waals surface area contributed by atoms with Crippen LogP contribution in [-0.4, -0.2) is 35.0 Å². The largest absolute Gasteiger partial charge is 0.361 e. The molecule has 0 saturated carbocycles. The number of aromatic nitrogens is 1. The molecule has 2 aromatic carbocycles. The molecule has 1 aliphatic carbocycles. The summed E-state index contributed by atoms with van der Waals surface area (Å²) >= 11 is 0. The fourth-order valence-electron chi connectivity index (χ4n) is 3.70. The number of benzene rings is 2. The molecule has 6 heteroatoms. The molecule has 3 aromatic rings. The van der Waals surface area contributed by atoms with Crippen LogP contribution in [0.5, 0.6) is 0 Å². The van der Waals surface area contributed by atoms with Crippen molar-refractivity contribution < 1.29 is 14.4 Å². The molecule has 1 heterocycles. The van der Waals surface area contributed by atoms with Crippen molar-refractivity contribution in [2.24, 2.45) is 5.73 Å². The molecular formula is C23H21N3O3. The van der Waals surface area contributed by atoms with Crippen molar-refractivity contribution in [3.63, 3.8) is 0 Å². The van der Waals surface area contributed by atoms with Gasteiger partial charge in [-0.2, -0.15) is 0 Å². The fourth-order valence-corrected chi connectivity index (χ4v) is 3.70. The number of nitrogens with two attached hydrogens (primary N) is 1. The number of carbonyl (C=O) groups is 3. The predicted octanol–water partition coefficient (Wildman–Crippen LogP) is 2.55. The van der Waals surface area contributed by atoms with Gasteiger partial charge in [-0.05, 0) is 25.0 Å². The Hall–Kier alpha value is -3.51. The zero-order valence-corrected chi connectivity index (χ0v) is 16.0. The molecule has 0 bridgehead atoms. The second-order valence-corrected chi connectivity index (χ2v) is 7.20. The third kappa shape index (κ3) is 3.39. The van der Waals surface area contributed by atoms with Crippen molar-refractivity contribution >= 4 is 28.4 Å². The number of rotatable bonds is 5. The molecule has 1 aliphatic rings. The molecule has 0 radical (unpaired) electrons. The van der Waals surface area contributed by atoms with Gasteiger partial charge in [-0.15, -0.1) is 0 Å². The Morgan fingerprint density at radius 3 is 2.45 bits per heavy atom. The number of carbonyl (C=O) groups excluding carboxylic acids is 3. The van der Waals surface area contributed by atoms with Crippen molar-refractivity contribution in [3.05, 3.63) is 82.6 Å². The number of para-hydroxylation sites is 1. The molecule has 0 saturated heterocycles. The summed E-state index contributed by atoms with van der Waals surface area (Å²) in [6.07, 6.45) is 2.22. The Labute approximate surface area is 167 Å². The molecule has 0 spiro atoms. The highest BCUT2D eigenvalue weighted by Gasteiger charge is 2.29. The lowest BCUT2D eigenvalue weighted by Gasteiger charge is -2.20. The standard InChI is InChI=1S/C23H21N3O3/c1-13-18(22(28)17-8-3-2-7-16(17)21(13)27)12-26-23(29)19(24)10-14-11-25-20-9-5-4-6-15(14)20/h2-9,11,19,25H,10,12,24H2,1H3,(H,26,29)/t19-/m1/s1. The van der Waals surface area contributed by atoms with Crippen LogP contribution >= 0.6 is 0 Å². The van der Waals surface area contributed by atoms with E-state index in [1.165, 1.54) is 0 Å². The SMILES string of the molecule is CC1=C(CNC(=O)[C@H](N)Cc2c[nH]c3ccccc23)C(=O)c2ccccc2C1=O. The van der Waals surface area contributed by atoms with Gasteiger partial charge < -0.3 is 16.0 Å².